The van der Waals surface area contributed by atoms with Crippen LogP contribution in [0.1, 0.15) is 47.1 Å². The van der Waals surface area contributed by atoms with Crippen molar-refractivity contribution in [1.82, 2.24) is 24.6 Å². The summed E-state index contributed by atoms with van der Waals surface area (Å²) in [5.74, 6) is -1.90. The number of hydrogen-bond acceptors (Lipinski definition) is 4. The third-order valence-corrected chi connectivity index (χ3v) is 6.41. The number of alkyl halides is 3. The van der Waals surface area contributed by atoms with Crippen LogP contribution >= 0.6 is 11.6 Å². The van der Waals surface area contributed by atoms with Crippen molar-refractivity contribution in [3.8, 4) is 11.5 Å². The van der Waals surface area contributed by atoms with E-state index < -0.39 is 46.4 Å². The quantitative estimate of drug-likeness (QED) is 0.479. The van der Waals surface area contributed by atoms with Gasteiger partial charge in [0.25, 0.3) is 5.91 Å². The van der Waals surface area contributed by atoms with E-state index in [9.17, 15) is 26.7 Å². The lowest BCUT2D eigenvalue weighted by Gasteiger charge is -2.45. The maximum absolute atomic E-state index is 14.3. The molecular formula is C21H15ClF5N5O. The van der Waals surface area contributed by atoms with E-state index in [0.29, 0.717) is 24.7 Å². The minimum Gasteiger partial charge on any atom is -0.324 e. The van der Waals surface area contributed by atoms with Crippen LogP contribution < -0.4 is 0 Å². The van der Waals surface area contributed by atoms with Crippen molar-refractivity contribution in [3.05, 3.63) is 64.1 Å². The Labute approximate surface area is 189 Å². The van der Waals surface area contributed by atoms with Gasteiger partial charge in [-0.25, -0.2) is 13.8 Å². The highest BCUT2D eigenvalue weighted by Crippen LogP contribution is 2.43. The summed E-state index contributed by atoms with van der Waals surface area (Å²) in [6.07, 6.45) is -1.99. The molecule has 2 aliphatic heterocycles. The first-order valence-corrected chi connectivity index (χ1v) is 10.5. The molecule has 0 spiro atoms. The number of halogens is 6. The maximum atomic E-state index is 14.3. The maximum Gasteiger partial charge on any atom is 0.417 e. The van der Waals surface area contributed by atoms with Crippen molar-refractivity contribution < 1.29 is 26.7 Å². The van der Waals surface area contributed by atoms with Crippen molar-refractivity contribution in [2.45, 2.75) is 44.1 Å². The molecule has 6 nitrogen and oxygen atoms in total. The summed E-state index contributed by atoms with van der Waals surface area (Å²) in [6.45, 7) is 0.189. The van der Waals surface area contributed by atoms with Crippen LogP contribution in [0.25, 0.3) is 11.5 Å². The summed E-state index contributed by atoms with van der Waals surface area (Å²) < 4.78 is 69.1. The molecule has 2 aromatic heterocycles. The van der Waals surface area contributed by atoms with Crippen LogP contribution in [0.3, 0.4) is 0 Å². The Hall–Kier alpha value is -3.08. The van der Waals surface area contributed by atoms with E-state index >= 15 is 0 Å². The molecule has 1 fully saturated rings. The molecule has 0 aliphatic carbocycles. The Morgan fingerprint density at radius 3 is 2.67 bits per heavy atom. The van der Waals surface area contributed by atoms with Gasteiger partial charge in [0.15, 0.2) is 17.5 Å². The zero-order valence-electron chi connectivity index (χ0n) is 16.8. The molecule has 1 amide bonds. The lowest BCUT2D eigenvalue weighted by molar-refractivity contribution is -0.137. The van der Waals surface area contributed by atoms with Crippen LogP contribution in [-0.2, 0) is 12.7 Å². The monoisotopic (exact) mass is 483 g/mol. The van der Waals surface area contributed by atoms with Crippen LogP contribution in [0.2, 0.25) is 5.02 Å². The normalized spacial score (nSPS) is 20.0. The van der Waals surface area contributed by atoms with Crippen molar-refractivity contribution in [2.24, 2.45) is 0 Å². The van der Waals surface area contributed by atoms with E-state index in [2.05, 4.69) is 15.2 Å². The lowest BCUT2D eigenvalue weighted by atomic mass is 9.90. The van der Waals surface area contributed by atoms with E-state index in [-0.39, 0.29) is 23.6 Å². The van der Waals surface area contributed by atoms with E-state index in [1.165, 1.54) is 11.0 Å². The zero-order chi connectivity index (χ0) is 23.5. The lowest BCUT2D eigenvalue weighted by Crippen LogP contribution is -2.52. The number of nitrogens with zero attached hydrogens (tertiary/aromatic N) is 5. The van der Waals surface area contributed by atoms with Crippen LogP contribution in [0.4, 0.5) is 22.0 Å². The van der Waals surface area contributed by atoms with Gasteiger partial charge >= 0.3 is 6.18 Å². The van der Waals surface area contributed by atoms with E-state index in [1.54, 1.807) is 4.57 Å². The van der Waals surface area contributed by atoms with Gasteiger partial charge in [-0.1, -0.05) is 17.7 Å². The number of rotatable bonds is 2. The molecule has 172 valence electrons. The van der Waals surface area contributed by atoms with Gasteiger partial charge < -0.3 is 9.47 Å². The molecule has 2 aliphatic rings. The van der Waals surface area contributed by atoms with Crippen LogP contribution in [-0.4, -0.2) is 36.6 Å². The fourth-order valence-corrected chi connectivity index (χ4v) is 4.90. The van der Waals surface area contributed by atoms with E-state index in [0.717, 1.165) is 24.8 Å². The summed E-state index contributed by atoms with van der Waals surface area (Å²) in [4.78, 5) is 18.7. The van der Waals surface area contributed by atoms with Crippen molar-refractivity contribution in [3.63, 3.8) is 0 Å². The van der Waals surface area contributed by atoms with Gasteiger partial charge in [0.2, 0.25) is 0 Å². The van der Waals surface area contributed by atoms with Gasteiger partial charge in [0.05, 0.1) is 34.4 Å². The average Bonchev–Trinajstić information content (AvgIpc) is 3.15. The minimum absolute atomic E-state index is 0.101. The molecule has 0 N–H and O–H groups in total. The van der Waals surface area contributed by atoms with Crippen molar-refractivity contribution in [2.75, 3.05) is 0 Å². The SMILES string of the molecule is O=C(c1cccc(C(F)(F)F)c1Cl)N1C2CCCC1c1nnc(-c3ncc(F)cc3F)n1C2. The Morgan fingerprint density at radius 1 is 1.15 bits per heavy atom. The number of piperidine rings is 1. The molecule has 0 saturated carbocycles. The number of carbonyl (C=O) groups is 1. The van der Waals surface area contributed by atoms with Gasteiger partial charge in [-0.3, -0.25) is 4.79 Å². The smallest absolute Gasteiger partial charge is 0.324 e. The minimum atomic E-state index is -4.70. The molecule has 2 bridgehead atoms. The number of amides is 1. The van der Waals surface area contributed by atoms with Gasteiger partial charge in [0, 0.05) is 12.6 Å². The molecule has 33 heavy (non-hydrogen) atoms. The number of fused-ring (bicyclic) bond motifs is 4. The summed E-state index contributed by atoms with van der Waals surface area (Å²) in [5.41, 5.74) is -1.50. The van der Waals surface area contributed by atoms with Gasteiger partial charge in [-0.2, -0.15) is 13.2 Å². The molecule has 12 heteroatoms. The number of aromatic nitrogens is 4. The number of carbonyl (C=O) groups excluding carboxylic acids is 1. The first-order chi connectivity index (χ1) is 15.7. The van der Waals surface area contributed by atoms with Crippen molar-refractivity contribution >= 4 is 17.5 Å². The van der Waals surface area contributed by atoms with E-state index in [4.69, 9.17) is 11.6 Å². The predicted octanol–water partition coefficient (Wildman–Crippen LogP) is 5.04. The Bertz CT molecular complexity index is 1260. The number of benzene rings is 1. The third-order valence-electron chi connectivity index (χ3n) is 6.00. The summed E-state index contributed by atoms with van der Waals surface area (Å²) in [5, 5.41) is 7.50. The molecule has 2 atom stereocenters. The third kappa shape index (κ3) is 3.54. The van der Waals surface area contributed by atoms with Gasteiger partial charge in [-0.15, -0.1) is 10.2 Å². The van der Waals surface area contributed by atoms with Gasteiger partial charge in [-0.05, 0) is 31.4 Å². The summed E-state index contributed by atoms with van der Waals surface area (Å²) in [6, 6.07) is 2.94. The van der Waals surface area contributed by atoms with Crippen LogP contribution in [0, 0.1) is 11.6 Å². The number of hydrogen-bond donors (Lipinski definition) is 0. The fraction of sp³-hybridized carbons (Fsp3) is 0.333. The average molecular weight is 484 g/mol. The van der Waals surface area contributed by atoms with E-state index in [1.807, 2.05) is 0 Å². The molecule has 1 saturated heterocycles. The second-order valence-corrected chi connectivity index (χ2v) is 8.33. The summed E-state index contributed by atoms with van der Waals surface area (Å²) in [7, 11) is 0. The topological polar surface area (TPSA) is 63.9 Å². The fourth-order valence-electron chi connectivity index (χ4n) is 4.58. The Morgan fingerprint density at radius 2 is 1.94 bits per heavy atom. The van der Waals surface area contributed by atoms with Crippen molar-refractivity contribution in [1.29, 1.82) is 0 Å². The second-order valence-electron chi connectivity index (χ2n) is 7.95. The second kappa shape index (κ2) is 7.75. The molecule has 0 radical (unpaired) electrons. The molecule has 1 aromatic carbocycles. The Balaban J connectivity index is 1.55. The highest BCUT2D eigenvalue weighted by molar-refractivity contribution is 6.34. The Kier molecular flexibility index (Phi) is 5.11. The molecular weight excluding hydrogens is 469 g/mol. The summed E-state index contributed by atoms with van der Waals surface area (Å²) >= 11 is 6.00. The number of pyridine rings is 1. The highest BCUT2D eigenvalue weighted by Gasteiger charge is 2.44. The molecule has 4 heterocycles. The van der Waals surface area contributed by atoms with Crippen LogP contribution in [0.15, 0.2) is 30.5 Å². The first kappa shape index (κ1) is 21.7. The first-order valence-electron chi connectivity index (χ1n) is 10.1. The predicted molar refractivity (Wildman–Crippen MR) is 106 cm³/mol. The zero-order valence-corrected chi connectivity index (χ0v) is 17.5. The standard InChI is InChI=1S/C21H15ClF5N5O/c22-16-12(4-2-5-13(16)21(25,26)27)20(33)32-11-3-1-6-15(32)18-29-30-19(31(18)9-11)17-14(24)7-10(23)8-28-17/h2,4-5,7-8,11,15H,1,3,6,9H2. The molecule has 5 rings (SSSR count). The van der Waals surface area contributed by atoms with Crippen LogP contribution in [0.5, 0.6) is 0 Å². The highest BCUT2D eigenvalue weighted by atomic mass is 35.5. The molecule has 2 unspecified atom stereocenters. The van der Waals surface area contributed by atoms with Gasteiger partial charge in [0.1, 0.15) is 11.5 Å². The molecule has 3 aromatic rings. The largest absolute Gasteiger partial charge is 0.417 e.